The lowest BCUT2D eigenvalue weighted by molar-refractivity contribution is -0.136. The fourth-order valence-corrected chi connectivity index (χ4v) is 3.85. The molecule has 2 aliphatic rings. The van der Waals surface area contributed by atoms with Gasteiger partial charge in [0.15, 0.2) is 0 Å². The van der Waals surface area contributed by atoms with Crippen LogP contribution in [0.3, 0.4) is 0 Å². The predicted molar refractivity (Wildman–Crippen MR) is 103 cm³/mol. The highest BCUT2D eigenvalue weighted by Crippen LogP contribution is 2.24. The molecule has 0 spiro atoms. The largest absolute Gasteiger partial charge is 0.444 e. The van der Waals surface area contributed by atoms with Gasteiger partial charge in [0.05, 0.1) is 0 Å². The van der Waals surface area contributed by atoms with E-state index in [9.17, 15) is 9.59 Å². The molecule has 0 aliphatic carbocycles. The van der Waals surface area contributed by atoms with E-state index < -0.39 is 5.60 Å². The Morgan fingerprint density at radius 2 is 1.81 bits per heavy atom. The Morgan fingerprint density at radius 1 is 1.15 bits per heavy atom. The summed E-state index contributed by atoms with van der Waals surface area (Å²) in [4.78, 5) is 28.9. The molecule has 2 amide bonds. The molecule has 0 saturated carbocycles. The Morgan fingerprint density at radius 3 is 2.38 bits per heavy atom. The van der Waals surface area contributed by atoms with Crippen LogP contribution in [0.4, 0.5) is 4.79 Å². The van der Waals surface area contributed by atoms with Crippen molar-refractivity contribution in [3.8, 4) is 0 Å². The monoisotopic (exact) mass is 367 g/mol. The number of amides is 2. The zero-order chi connectivity index (χ0) is 19.3. The molecule has 2 aliphatic heterocycles. The van der Waals surface area contributed by atoms with Crippen LogP contribution in [0.15, 0.2) is 0 Å². The van der Waals surface area contributed by atoms with Crippen molar-refractivity contribution in [2.45, 2.75) is 71.9 Å². The van der Waals surface area contributed by atoms with Crippen LogP contribution in [0.25, 0.3) is 0 Å². The van der Waals surface area contributed by atoms with E-state index in [-0.39, 0.29) is 12.0 Å². The summed E-state index contributed by atoms with van der Waals surface area (Å²) in [7, 11) is 0. The lowest BCUT2D eigenvalue weighted by atomic mass is 9.92. The highest BCUT2D eigenvalue weighted by atomic mass is 16.6. The van der Waals surface area contributed by atoms with Crippen LogP contribution >= 0.6 is 0 Å². The van der Waals surface area contributed by atoms with Gasteiger partial charge < -0.3 is 19.9 Å². The zero-order valence-electron chi connectivity index (χ0n) is 17.2. The maximum atomic E-state index is 12.9. The smallest absolute Gasteiger partial charge is 0.410 e. The number of nitrogens with one attached hydrogen (secondary N) is 1. The summed E-state index contributed by atoms with van der Waals surface area (Å²) in [6.07, 6.45) is 3.19. The molecule has 6 heteroatoms. The van der Waals surface area contributed by atoms with E-state index in [1.54, 1.807) is 4.90 Å². The van der Waals surface area contributed by atoms with Gasteiger partial charge in [0.2, 0.25) is 5.91 Å². The number of piperazine rings is 1. The van der Waals surface area contributed by atoms with Gasteiger partial charge in [-0.3, -0.25) is 4.79 Å². The van der Waals surface area contributed by atoms with Crippen molar-refractivity contribution in [2.24, 2.45) is 11.8 Å². The first-order valence-electron chi connectivity index (χ1n) is 10.1. The molecular weight excluding hydrogens is 330 g/mol. The minimum Gasteiger partial charge on any atom is -0.444 e. The van der Waals surface area contributed by atoms with E-state index in [0.29, 0.717) is 37.4 Å². The molecule has 1 N–H and O–H groups in total. The van der Waals surface area contributed by atoms with Gasteiger partial charge in [0.1, 0.15) is 5.60 Å². The molecule has 6 nitrogen and oxygen atoms in total. The Labute approximate surface area is 158 Å². The van der Waals surface area contributed by atoms with Gasteiger partial charge in [-0.15, -0.1) is 0 Å². The number of carbonyl (C=O) groups excluding carboxylic acids is 2. The second-order valence-corrected chi connectivity index (χ2v) is 9.19. The molecule has 2 rings (SSSR count). The van der Waals surface area contributed by atoms with Crippen molar-refractivity contribution in [3.63, 3.8) is 0 Å². The molecule has 2 heterocycles. The molecule has 2 saturated heterocycles. The first kappa shape index (κ1) is 21.0. The first-order chi connectivity index (χ1) is 12.2. The average molecular weight is 368 g/mol. The number of hydrogen-bond donors (Lipinski definition) is 1. The summed E-state index contributed by atoms with van der Waals surface area (Å²) in [5.41, 5.74) is -0.461. The lowest BCUT2D eigenvalue weighted by Crippen LogP contribution is -2.54. The molecule has 0 aromatic heterocycles. The third-order valence-electron chi connectivity index (χ3n) is 5.14. The summed E-state index contributed by atoms with van der Waals surface area (Å²) < 4.78 is 5.44. The summed E-state index contributed by atoms with van der Waals surface area (Å²) in [5.74, 6) is 1.25. The topological polar surface area (TPSA) is 61.9 Å². The van der Waals surface area contributed by atoms with Gasteiger partial charge >= 0.3 is 6.09 Å². The van der Waals surface area contributed by atoms with Gasteiger partial charge in [-0.05, 0) is 51.9 Å². The maximum Gasteiger partial charge on any atom is 0.410 e. The quantitative estimate of drug-likeness (QED) is 0.830. The summed E-state index contributed by atoms with van der Waals surface area (Å²) in [5, 5.41) is 3.41. The normalized spacial score (nSPS) is 22.6. The second-order valence-electron chi connectivity index (χ2n) is 9.19. The number of carbonyl (C=O) groups is 2. The van der Waals surface area contributed by atoms with E-state index in [1.807, 2.05) is 20.8 Å². The van der Waals surface area contributed by atoms with Gasteiger partial charge in [0, 0.05) is 45.2 Å². The molecular formula is C20H37N3O3. The Hall–Kier alpha value is -1.30. The van der Waals surface area contributed by atoms with Crippen LogP contribution in [0.2, 0.25) is 0 Å². The average Bonchev–Trinajstić information content (AvgIpc) is 2.53. The van der Waals surface area contributed by atoms with E-state index in [1.165, 1.54) is 0 Å². The lowest BCUT2D eigenvalue weighted by Gasteiger charge is -2.39. The molecule has 0 aromatic carbocycles. The van der Waals surface area contributed by atoms with Crippen LogP contribution in [-0.2, 0) is 9.53 Å². The van der Waals surface area contributed by atoms with Crippen LogP contribution in [-0.4, -0.2) is 66.2 Å². The molecule has 0 aromatic rings. The Bertz CT molecular complexity index is 479. The fourth-order valence-electron chi connectivity index (χ4n) is 3.85. The molecule has 150 valence electrons. The Balaban J connectivity index is 1.80. The van der Waals surface area contributed by atoms with Crippen LogP contribution in [0.5, 0.6) is 0 Å². The third kappa shape index (κ3) is 6.45. The fraction of sp³-hybridized carbons (Fsp3) is 0.900. The Kier molecular flexibility index (Phi) is 7.33. The van der Waals surface area contributed by atoms with Crippen molar-refractivity contribution >= 4 is 12.0 Å². The van der Waals surface area contributed by atoms with Crippen LogP contribution < -0.4 is 5.32 Å². The molecule has 0 bridgehead atoms. The van der Waals surface area contributed by atoms with Crippen LogP contribution in [0.1, 0.15) is 60.3 Å². The van der Waals surface area contributed by atoms with E-state index in [0.717, 1.165) is 38.9 Å². The molecule has 2 fully saturated rings. The van der Waals surface area contributed by atoms with Gasteiger partial charge in [-0.1, -0.05) is 13.8 Å². The number of likely N-dealkylation sites (tertiary alicyclic amines) is 1. The van der Waals surface area contributed by atoms with Crippen molar-refractivity contribution in [3.05, 3.63) is 0 Å². The van der Waals surface area contributed by atoms with E-state index in [4.69, 9.17) is 4.74 Å². The summed E-state index contributed by atoms with van der Waals surface area (Å²) in [6, 6.07) is 0.318. The van der Waals surface area contributed by atoms with E-state index >= 15 is 0 Å². The van der Waals surface area contributed by atoms with Crippen molar-refractivity contribution in [1.29, 1.82) is 0 Å². The van der Waals surface area contributed by atoms with E-state index in [2.05, 4.69) is 24.1 Å². The first-order valence-corrected chi connectivity index (χ1v) is 10.1. The standard InChI is InChI=1S/C20H37N3O3/c1-15(2)12-17-14-21-8-11-23(17)18(24)13-16-6-9-22(10-7-16)19(25)26-20(3,4)5/h15-17,21H,6-14H2,1-5H3/t17-/m0/s1. The molecule has 26 heavy (non-hydrogen) atoms. The van der Waals surface area contributed by atoms with Gasteiger partial charge in [-0.2, -0.15) is 0 Å². The number of hydrogen-bond acceptors (Lipinski definition) is 4. The maximum absolute atomic E-state index is 12.9. The molecule has 0 unspecified atom stereocenters. The third-order valence-corrected chi connectivity index (χ3v) is 5.14. The molecule has 0 radical (unpaired) electrons. The number of ether oxygens (including phenoxy) is 1. The molecule has 1 atom stereocenters. The minimum absolute atomic E-state index is 0.235. The highest BCUT2D eigenvalue weighted by molar-refractivity contribution is 5.77. The minimum atomic E-state index is -0.461. The predicted octanol–water partition coefficient (Wildman–Crippen LogP) is 2.87. The highest BCUT2D eigenvalue weighted by Gasteiger charge is 2.31. The van der Waals surface area contributed by atoms with Gasteiger partial charge in [-0.25, -0.2) is 4.79 Å². The summed E-state index contributed by atoms with van der Waals surface area (Å²) >= 11 is 0. The summed E-state index contributed by atoms with van der Waals surface area (Å²) in [6.45, 7) is 14.1. The van der Waals surface area contributed by atoms with Crippen molar-refractivity contribution < 1.29 is 14.3 Å². The number of rotatable bonds is 4. The van der Waals surface area contributed by atoms with Crippen molar-refractivity contribution in [1.82, 2.24) is 15.1 Å². The van der Waals surface area contributed by atoms with Crippen molar-refractivity contribution in [2.75, 3.05) is 32.7 Å². The number of nitrogens with zero attached hydrogens (tertiary/aromatic N) is 2. The number of piperidine rings is 1. The zero-order valence-corrected chi connectivity index (χ0v) is 17.2. The van der Waals surface area contributed by atoms with Crippen LogP contribution in [0, 0.1) is 11.8 Å². The van der Waals surface area contributed by atoms with Gasteiger partial charge in [0.25, 0.3) is 0 Å². The second kappa shape index (κ2) is 9.07. The SMILES string of the molecule is CC(C)C[C@H]1CNCCN1C(=O)CC1CCN(C(=O)OC(C)(C)C)CC1.